The molecule has 1 heterocycles. The molecule has 0 amide bonds. The molecule has 7 heteroatoms. The van der Waals surface area contributed by atoms with Gasteiger partial charge in [0.1, 0.15) is 0 Å². The van der Waals surface area contributed by atoms with Gasteiger partial charge in [-0.25, -0.2) is 4.79 Å². The highest BCUT2D eigenvalue weighted by Crippen LogP contribution is 2.23. The van der Waals surface area contributed by atoms with Crippen molar-refractivity contribution in [3.8, 4) is 0 Å². The van der Waals surface area contributed by atoms with Crippen LogP contribution in [0.2, 0.25) is 5.02 Å². The molecule has 2 aromatic rings. The first-order valence-corrected chi connectivity index (χ1v) is 7.63. The third-order valence-electron chi connectivity index (χ3n) is 3.50. The molecule has 0 aliphatic rings. The van der Waals surface area contributed by atoms with Crippen LogP contribution in [0.5, 0.6) is 0 Å². The van der Waals surface area contributed by atoms with Crippen molar-refractivity contribution in [1.82, 2.24) is 4.98 Å². The third-order valence-corrected chi connectivity index (χ3v) is 3.75. The number of rotatable bonds is 6. The maximum Gasteiger partial charge on any atom is 0.337 e. The van der Waals surface area contributed by atoms with E-state index < -0.39 is 11.9 Å². The van der Waals surface area contributed by atoms with Crippen molar-refractivity contribution in [1.29, 1.82) is 0 Å². The number of carboxylic acid groups (broad SMARTS) is 1. The van der Waals surface area contributed by atoms with Crippen molar-refractivity contribution in [2.45, 2.75) is 20.3 Å². The van der Waals surface area contributed by atoms with Crippen LogP contribution in [-0.2, 0) is 16.0 Å². The van der Waals surface area contributed by atoms with Gasteiger partial charge in [0.2, 0.25) is 5.78 Å². The molecule has 0 spiro atoms. The SMILES string of the molecule is CCOC(=O)Cc1[nH]c(C(=O)c2ccc(Cl)cc2)c(C)c1C(=O)O. The Morgan fingerprint density at radius 2 is 1.83 bits per heavy atom. The van der Waals surface area contributed by atoms with Gasteiger partial charge in [0, 0.05) is 16.3 Å². The Morgan fingerprint density at radius 1 is 1.21 bits per heavy atom. The normalized spacial score (nSPS) is 10.5. The third kappa shape index (κ3) is 3.65. The van der Waals surface area contributed by atoms with Crippen LogP contribution in [0, 0.1) is 6.92 Å². The predicted octanol–water partition coefficient (Wildman–Crippen LogP) is 3.01. The average Bonchev–Trinajstić information content (AvgIpc) is 2.84. The molecular weight excluding hydrogens is 334 g/mol. The Balaban J connectivity index is 2.43. The molecule has 0 aliphatic carbocycles. The number of H-pyrrole nitrogens is 1. The molecule has 0 unspecified atom stereocenters. The van der Waals surface area contributed by atoms with Crippen molar-refractivity contribution in [3.63, 3.8) is 0 Å². The average molecular weight is 350 g/mol. The summed E-state index contributed by atoms with van der Waals surface area (Å²) in [6.45, 7) is 3.38. The first-order valence-electron chi connectivity index (χ1n) is 7.25. The number of carbonyl (C=O) groups excluding carboxylic acids is 2. The molecule has 1 aromatic carbocycles. The van der Waals surface area contributed by atoms with Crippen molar-refractivity contribution >= 4 is 29.3 Å². The maximum atomic E-state index is 12.6. The standard InChI is InChI=1S/C17H16ClNO5/c1-3-24-13(20)8-12-14(17(22)23)9(2)15(19-12)16(21)10-4-6-11(18)7-5-10/h4-7,19H,3,8H2,1-2H3,(H,22,23). The zero-order valence-corrected chi connectivity index (χ0v) is 13.9. The Labute approximate surface area is 143 Å². The van der Waals surface area contributed by atoms with E-state index in [2.05, 4.69) is 4.98 Å². The summed E-state index contributed by atoms with van der Waals surface area (Å²) in [5.41, 5.74) is 0.843. The van der Waals surface area contributed by atoms with Gasteiger partial charge >= 0.3 is 11.9 Å². The second-order valence-corrected chi connectivity index (χ2v) is 5.54. The number of aromatic amines is 1. The highest BCUT2D eigenvalue weighted by molar-refractivity contribution is 6.30. The molecule has 0 radical (unpaired) electrons. The Kier molecular flexibility index (Phi) is 5.41. The number of aromatic carboxylic acids is 1. The number of aromatic nitrogens is 1. The van der Waals surface area contributed by atoms with E-state index in [1.165, 1.54) is 6.92 Å². The molecule has 0 aliphatic heterocycles. The van der Waals surface area contributed by atoms with Crippen molar-refractivity contribution < 1.29 is 24.2 Å². The molecule has 24 heavy (non-hydrogen) atoms. The lowest BCUT2D eigenvalue weighted by molar-refractivity contribution is -0.142. The van der Waals surface area contributed by atoms with E-state index in [4.69, 9.17) is 16.3 Å². The number of carbonyl (C=O) groups is 3. The lowest BCUT2D eigenvalue weighted by atomic mass is 10.0. The molecule has 126 valence electrons. The van der Waals surface area contributed by atoms with Gasteiger partial charge in [-0.05, 0) is 43.7 Å². The number of carboxylic acids is 1. The first-order chi connectivity index (χ1) is 11.3. The molecule has 0 fully saturated rings. The molecule has 0 atom stereocenters. The van der Waals surface area contributed by atoms with E-state index in [0.29, 0.717) is 10.6 Å². The van der Waals surface area contributed by atoms with Gasteiger partial charge in [0.05, 0.1) is 24.3 Å². The summed E-state index contributed by atoms with van der Waals surface area (Å²) in [5.74, 6) is -2.15. The number of halogens is 1. The number of hydrogen-bond donors (Lipinski definition) is 2. The highest BCUT2D eigenvalue weighted by Gasteiger charge is 2.25. The van der Waals surface area contributed by atoms with Crippen molar-refractivity contribution in [2.75, 3.05) is 6.61 Å². The number of hydrogen-bond acceptors (Lipinski definition) is 4. The van der Waals surface area contributed by atoms with Crippen LogP contribution >= 0.6 is 11.6 Å². The van der Waals surface area contributed by atoms with Crippen LogP contribution < -0.4 is 0 Å². The van der Waals surface area contributed by atoms with Gasteiger partial charge in [0.25, 0.3) is 0 Å². The first kappa shape index (κ1) is 17.7. The summed E-state index contributed by atoms with van der Waals surface area (Å²) in [6, 6.07) is 6.25. The summed E-state index contributed by atoms with van der Waals surface area (Å²) in [7, 11) is 0. The minimum absolute atomic E-state index is 0.0830. The quantitative estimate of drug-likeness (QED) is 0.617. The van der Waals surface area contributed by atoms with E-state index in [9.17, 15) is 19.5 Å². The predicted molar refractivity (Wildman–Crippen MR) is 87.7 cm³/mol. The van der Waals surface area contributed by atoms with E-state index in [1.807, 2.05) is 0 Å². The second kappa shape index (κ2) is 7.31. The molecular formula is C17H16ClNO5. The number of benzene rings is 1. The number of ether oxygens (including phenoxy) is 1. The summed E-state index contributed by atoms with van der Waals surface area (Å²) in [4.78, 5) is 38.5. The van der Waals surface area contributed by atoms with Gasteiger partial charge < -0.3 is 14.8 Å². The number of nitrogens with one attached hydrogen (secondary N) is 1. The second-order valence-electron chi connectivity index (χ2n) is 5.10. The fourth-order valence-electron chi connectivity index (χ4n) is 2.41. The van der Waals surface area contributed by atoms with E-state index in [-0.39, 0.29) is 41.3 Å². The van der Waals surface area contributed by atoms with Crippen LogP contribution in [0.3, 0.4) is 0 Å². The fourth-order valence-corrected chi connectivity index (χ4v) is 2.54. The lowest BCUT2D eigenvalue weighted by Crippen LogP contribution is -2.11. The Hall–Kier alpha value is -2.60. The zero-order chi connectivity index (χ0) is 17.9. The summed E-state index contributed by atoms with van der Waals surface area (Å²) >= 11 is 5.80. The molecule has 2 N–H and O–H groups in total. The summed E-state index contributed by atoms with van der Waals surface area (Å²) in [6.07, 6.45) is -0.246. The Morgan fingerprint density at radius 3 is 2.38 bits per heavy atom. The molecule has 6 nitrogen and oxygen atoms in total. The molecule has 0 saturated heterocycles. The van der Waals surface area contributed by atoms with Gasteiger partial charge in [-0.15, -0.1) is 0 Å². The van der Waals surface area contributed by atoms with E-state index in [0.717, 1.165) is 0 Å². The Bertz CT molecular complexity index is 792. The summed E-state index contributed by atoms with van der Waals surface area (Å²) in [5, 5.41) is 9.88. The minimum Gasteiger partial charge on any atom is -0.478 e. The maximum absolute atomic E-state index is 12.6. The van der Waals surface area contributed by atoms with Crippen LogP contribution in [0.25, 0.3) is 0 Å². The van der Waals surface area contributed by atoms with Gasteiger partial charge in [0.15, 0.2) is 0 Å². The van der Waals surface area contributed by atoms with Gasteiger partial charge in [-0.1, -0.05) is 11.6 Å². The summed E-state index contributed by atoms with van der Waals surface area (Å²) < 4.78 is 4.84. The zero-order valence-electron chi connectivity index (χ0n) is 13.2. The van der Waals surface area contributed by atoms with Crippen LogP contribution in [0.4, 0.5) is 0 Å². The van der Waals surface area contributed by atoms with Gasteiger partial charge in [-0.2, -0.15) is 0 Å². The minimum atomic E-state index is -1.21. The monoisotopic (exact) mass is 349 g/mol. The highest BCUT2D eigenvalue weighted by atomic mass is 35.5. The van der Waals surface area contributed by atoms with E-state index in [1.54, 1.807) is 31.2 Å². The number of esters is 1. The largest absolute Gasteiger partial charge is 0.478 e. The fraction of sp³-hybridized carbons (Fsp3) is 0.235. The van der Waals surface area contributed by atoms with Crippen LogP contribution in [0.1, 0.15) is 44.6 Å². The van der Waals surface area contributed by atoms with Crippen molar-refractivity contribution in [3.05, 3.63) is 57.4 Å². The van der Waals surface area contributed by atoms with E-state index >= 15 is 0 Å². The van der Waals surface area contributed by atoms with Crippen LogP contribution in [-0.4, -0.2) is 34.4 Å². The molecule has 1 aromatic heterocycles. The smallest absolute Gasteiger partial charge is 0.337 e. The molecule has 0 bridgehead atoms. The van der Waals surface area contributed by atoms with Gasteiger partial charge in [-0.3, -0.25) is 9.59 Å². The topological polar surface area (TPSA) is 96.5 Å². The molecule has 2 rings (SSSR count). The van der Waals surface area contributed by atoms with Crippen molar-refractivity contribution in [2.24, 2.45) is 0 Å². The molecule has 0 saturated carbocycles. The van der Waals surface area contributed by atoms with Crippen LogP contribution in [0.15, 0.2) is 24.3 Å². The number of ketones is 1. The lowest BCUT2D eigenvalue weighted by Gasteiger charge is -2.01.